The largest absolute Gasteiger partial charge is 0.459 e. The van der Waals surface area contributed by atoms with E-state index in [0.717, 1.165) is 24.2 Å². The molecule has 1 fully saturated rings. The quantitative estimate of drug-likeness (QED) is 0.509. The van der Waals surface area contributed by atoms with Crippen LogP contribution in [0.2, 0.25) is 0 Å². The number of methoxy groups -OCH3 is 1. The van der Waals surface area contributed by atoms with Crippen molar-refractivity contribution in [3.05, 3.63) is 27.1 Å². The minimum atomic E-state index is -0.516. The van der Waals surface area contributed by atoms with E-state index in [2.05, 4.69) is 10.3 Å². The first-order chi connectivity index (χ1) is 13.5. The summed E-state index contributed by atoms with van der Waals surface area (Å²) < 4.78 is 16.7. The number of ether oxygens (including phenoxy) is 3. The van der Waals surface area contributed by atoms with Gasteiger partial charge >= 0.3 is 5.97 Å². The molecule has 3 heterocycles. The summed E-state index contributed by atoms with van der Waals surface area (Å²) in [5, 5.41) is 3.11. The molecule has 1 N–H and O–H groups in total. The number of aromatic nitrogens is 2. The fraction of sp³-hybridized carbons (Fsp3) is 0.556. The molecule has 0 bridgehead atoms. The van der Waals surface area contributed by atoms with E-state index in [4.69, 9.17) is 14.2 Å². The Morgan fingerprint density at radius 1 is 1.43 bits per heavy atom. The number of hydrogen-bond acceptors (Lipinski definition) is 8. The van der Waals surface area contributed by atoms with Gasteiger partial charge in [-0.1, -0.05) is 0 Å². The van der Waals surface area contributed by atoms with Gasteiger partial charge in [-0.25, -0.2) is 9.78 Å². The van der Waals surface area contributed by atoms with Gasteiger partial charge in [-0.15, -0.1) is 11.3 Å². The molecule has 10 heteroatoms. The molecular weight excluding hydrogens is 386 g/mol. The second-order valence-electron chi connectivity index (χ2n) is 6.48. The van der Waals surface area contributed by atoms with Crippen molar-refractivity contribution in [2.75, 3.05) is 33.5 Å². The summed E-state index contributed by atoms with van der Waals surface area (Å²) in [4.78, 5) is 42.2. The molecule has 0 aromatic carbocycles. The molecule has 0 radical (unpaired) electrons. The van der Waals surface area contributed by atoms with Gasteiger partial charge in [0, 0.05) is 20.3 Å². The summed E-state index contributed by atoms with van der Waals surface area (Å²) in [5.41, 5.74) is 0.149. The highest BCUT2D eigenvalue weighted by Gasteiger charge is 2.21. The van der Waals surface area contributed by atoms with Crippen LogP contribution in [-0.4, -0.2) is 61.0 Å². The lowest BCUT2D eigenvalue weighted by atomic mass is 10.2. The van der Waals surface area contributed by atoms with Crippen LogP contribution in [0.5, 0.6) is 0 Å². The van der Waals surface area contributed by atoms with Crippen molar-refractivity contribution in [1.82, 2.24) is 14.9 Å². The maximum absolute atomic E-state index is 12.8. The highest BCUT2D eigenvalue weighted by Crippen LogP contribution is 2.27. The van der Waals surface area contributed by atoms with Crippen molar-refractivity contribution < 1.29 is 23.8 Å². The van der Waals surface area contributed by atoms with E-state index in [1.165, 1.54) is 18.0 Å². The van der Waals surface area contributed by atoms with Crippen molar-refractivity contribution in [3.8, 4) is 0 Å². The normalized spacial score (nSPS) is 16.4. The summed E-state index contributed by atoms with van der Waals surface area (Å²) in [5.74, 6) is -0.802. The van der Waals surface area contributed by atoms with Crippen LogP contribution in [0, 0.1) is 6.92 Å². The number of nitrogens with one attached hydrogen (secondary N) is 1. The first kappa shape index (κ1) is 20.4. The molecule has 0 saturated carbocycles. The molecule has 152 valence electrons. The number of esters is 1. The number of fused-ring (bicyclic) bond motifs is 1. The standard InChI is InChI=1S/C18H23N3O6S/c1-11-14-16(28-15(11)18(24)27-7-6-25-2)20-10-21(17(14)23)9-13(22)19-8-12-4-3-5-26-12/h10,12H,3-9H2,1-2H3,(H,19,22). The fourth-order valence-corrected chi connectivity index (χ4v) is 4.03. The van der Waals surface area contributed by atoms with Crippen molar-refractivity contribution in [1.29, 1.82) is 0 Å². The predicted octanol–water partition coefficient (Wildman–Crippen LogP) is 0.865. The van der Waals surface area contributed by atoms with Crippen LogP contribution in [0.3, 0.4) is 0 Å². The third kappa shape index (κ3) is 4.57. The molecule has 1 aliphatic heterocycles. The number of rotatable bonds is 8. The van der Waals surface area contributed by atoms with E-state index in [-0.39, 0.29) is 30.7 Å². The number of hydrogen-bond donors (Lipinski definition) is 1. The highest BCUT2D eigenvalue weighted by atomic mass is 32.1. The Bertz CT molecular complexity index is 916. The van der Waals surface area contributed by atoms with Gasteiger partial charge in [0.05, 0.1) is 24.4 Å². The monoisotopic (exact) mass is 409 g/mol. The molecule has 2 aromatic heterocycles. The number of nitrogens with zero attached hydrogens (tertiary/aromatic N) is 2. The third-order valence-electron chi connectivity index (χ3n) is 4.49. The van der Waals surface area contributed by atoms with Crippen LogP contribution in [0.25, 0.3) is 10.2 Å². The predicted molar refractivity (Wildman–Crippen MR) is 103 cm³/mol. The second-order valence-corrected chi connectivity index (χ2v) is 7.48. The summed E-state index contributed by atoms with van der Waals surface area (Å²) in [6.45, 7) is 3.10. The average Bonchev–Trinajstić information content (AvgIpc) is 3.31. The van der Waals surface area contributed by atoms with Crippen LogP contribution in [0.15, 0.2) is 11.1 Å². The number of carbonyl (C=O) groups is 2. The zero-order valence-corrected chi connectivity index (χ0v) is 16.7. The van der Waals surface area contributed by atoms with E-state index in [1.54, 1.807) is 6.92 Å². The van der Waals surface area contributed by atoms with Crippen molar-refractivity contribution in [2.45, 2.75) is 32.4 Å². The second kappa shape index (κ2) is 9.26. The Morgan fingerprint density at radius 3 is 2.96 bits per heavy atom. The summed E-state index contributed by atoms with van der Waals surface area (Å²) in [6.07, 6.45) is 3.28. The number of amides is 1. The molecule has 1 saturated heterocycles. The summed E-state index contributed by atoms with van der Waals surface area (Å²) >= 11 is 1.10. The topological polar surface area (TPSA) is 109 Å². The molecule has 3 rings (SSSR count). The molecule has 1 unspecified atom stereocenters. The molecule has 2 aromatic rings. The van der Waals surface area contributed by atoms with Gasteiger partial charge in [-0.05, 0) is 25.3 Å². The minimum absolute atomic E-state index is 0.0343. The van der Waals surface area contributed by atoms with Crippen molar-refractivity contribution >= 4 is 33.4 Å². The molecule has 0 spiro atoms. The van der Waals surface area contributed by atoms with Crippen LogP contribution < -0.4 is 10.9 Å². The Labute approximate surface area is 165 Å². The van der Waals surface area contributed by atoms with Crippen molar-refractivity contribution in [3.63, 3.8) is 0 Å². The first-order valence-electron chi connectivity index (χ1n) is 9.04. The van der Waals surface area contributed by atoms with Crippen molar-refractivity contribution in [2.24, 2.45) is 0 Å². The van der Waals surface area contributed by atoms with Gasteiger partial charge in [0.25, 0.3) is 5.56 Å². The Balaban J connectivity index is 1.73. The van der Waals surface area contributed by atoms with Crippen LogP contribution in [0.1, 0.15) is 28.1 Å². The van der Waals surface area contributed by atoms with Gasteiger partial charge in [0.2, 0.25) is 5.91 Å². The van der Waals surface area contributed by atoms with E-state index in [9.17, 15) is 14.4 Å². The summed E-state index contributed by atoms with van der Waals surface area (Å²) in [7, 11) is 1.52. The number of carbonyl (C=O) groups excluding carboxylic acids is 2. The molecular formula is C18H23N3O6S. The van der Waals surface area contributed by atoms with E-state index in [0.29, 0.717) is 40.4 Å². The maximum Gasteiger partial charge on any atom is 0.348 e. The molecule has 0 aliphatic carbocycles. The van der Waals surface area contributed by atoms with Crippen LogP contribution >= 0.6 is 11.3 Å². The van der Waals surface area contributed by atoms with E-state index < -0.39 is 5.97 Å². The van der Waals surface area contributed by atoms with Crippen LogP contribution in [0.4, 0.5) is 0 Å². The fourth-order valence-electron chi connectivity index (χ4n) is 2.99. The van der Waals surface area contributed by atoms with Gasteiger partial charge in [-0.2, -0.15) is 0 Å². The first-order valence-corrected chi connectivity index (χ1v) is 9.85. The minimum Gasteiger partial charge on any atom is -0.459 e. The molecule has 1 aliphatic rings. The molecule has 28 heavy (non-hydrogen) atoms. The smallest absolute Gasteiger partial charge is 0.348 e. The van der Waals surface area contributed by atoms with Gasteiger partial charge < -0.3 is 19.5 Å². The lowest BCUT2D eigenvalue weighted by Gasteiger charge is -2.11. The zero-order valence-electron chi connectivity index (χ0n) is 15.9. The maximum atomic E-state index is 12.8. The SMILES string of the molecule is COCCOC(=O)c1sc2ncn(CC(=O)NCC3CCCO3)c(=O)c2c1C. The van der Waals surface area contributed by atoms with E-state index in [1.807, 2.05) is 0 Å². The van der Waals surface area contributed by atoms with Crippen LogP contribution in [-0.2, 0) is 25.5 Å². The Hall–Kier alpha value is -2.30. The molecule has 9 nitrogen and oxygen atoms in total. The highest BCUT2D eigenvalue weighted by molar-refractivity contribution is 7.20. The lowest BCUT2D eigenvalue weighted by molar-refractivity contribution is -0.122. The van der Waals surface area contributed by atoms with Gasteiger partial charge in [0.1, 0.15) is 22.9 Å². The Kier molecular flexibility index (Phi) is 6.76. The Morgan fingerprint density at radius 2 is 2.25 bits per heavy atom. The van der Waals surface area contributed by atoms with Gasteiger partial charge in [-0.3, -0.25) is 14.2 Å². The summed E-state index contributed by atoms with van der Waals surface area (Å²) in [6, 6.07) is 0. The third-order valence-corrected chi connectivity index (χ3v) is 5.67. The molecule has 1 amide bonds. The number of aryl methyl sites for hydroxylation is 1. The zero-order chi connectivity index (χ0) is 20.1. The average molecular weight is 409 g/mol. The lowest BCUT2D eigenvalue weighted by Crippen LogP contribution is -2.36. The number of thiophene rings is 1. The van der Waals surface area contributed by atoms with E-state index >= 15 is 0 Å². The van der Waals surface area contributed by atoms with Gasteiger partial charge in [0.15, 0.2) is 0 Å². The molecule has 1 atom stereocenters.